The number of amides is 1. The first-order valence-corrected chi connectivity index (χ1v) is 10.3. The predicted octanol–water partition coefficient (Wildman–Crippen LogP) is 4.27. The van der Waals surface area contributed by atoms with Crippen LogP contribution in [-0.4, -0.2) is 32.8 Å². The highest BCUT2D eigenvalue weighted by Crippen LogP contribution is 2.32. The van der Waals surface area contributed by atoms with Gasteiger partial charge in [-0.1, -0.05) is 19.1 Å². The number of hydrogen-bond acceptors (Lipinski definition) is 6. The molecule has 152 valence electrons. The van der Waals surface area contributed by atoms with E-state index in [2.05, 4.69) is 27.3 Å². The molecule has 7 nitrogen and oxygen atoms in total. The van der Waals surface area contributed by atoms with Crippen LogP contribution in [-0.2, 0) is 13.0 Å². The van der Waals surface area contributed by atoms with Crippen LogP contribution >= 0.6 is 11.3 Å². The molecule has 2 heterocycles. The minimum atomic E-state index is -0.187. The van der Waals surface area contributed by atoms with Crippen LogP contribution < -0.4 is 10.1 Å². The predicted molar refractivity (Wildman–Crippen MR) is 117 cm³/mol. The van der Waals surface area contributed by atoms with Crippen molar-refractivity contribution < 1.29 is 9.53 Å². The van der Waals surface area contributed by atoms with Gasteiger partial charge in [0.1, 0.15) is 18.4 Å². The van der Waals surface area contributed by atoms with E-state index in [1.807, 2.05) is 42.5 Å². The van der Waals surface area contributed by atoms with E-state index in [1.54, 1.807) is 24.2 Å². The number of carbonyl (C=O) groups is 1. The van der Waals surface area contributed by atoms with Crippen molar-refractivity contribution in [3.63, 3.8) is 0 Å². The van der Waals surface area contributed by atoms with Crippen LogP contribution in [0.3, 0.4) is 0 Å². The SMILES string of the molecule is CCc1sc(NC(=O)c2cccc(Cn3cncn3)c2)nc1-c1ccc(OC)cc1. The number of aryl methyl sites for hydroxylation is 1. The average molecular weight is 420 g/mol. The maximum absolute atomic E-state index is 12.8. The van der Waals surface area contributed by atoms with Gasteiger partial charge in [-0.05, 0) is 48.4 Å². The Labute approximate surface area is 178 Å². The van der Waals surface area contributed by atoms with Gasteiger partial charge in [0.25, 0.3) is 5.91 Å². The molecule has 0 saturated carbocycles. The summed E-state index contributed by atoms with van der Waals surface area (Å²) in [6.45, 7) is 2.64. The van der Waals surface area contributed by atoms with Gasteiger partial charge in [0.15, 0.2) is 5.13 Å². The Hall–Kier alpha value is -3.52. The zero-order valence-electron chi connectivity index (χ0n) is 16.7. The second kappa shape index (κ2) is 8.87. The fraction of sp³-hybridized carbons (Fsp3) is 0.182. The van der Waals surface area contributed by atoms with Crippen molar-refractivity contribution >= 4 is 22.4 Å². The maximum atomic E-state index is 12.8. The lowest BCUT2D eigenvalue weighted by Crippen LogP contribution is -2.12. The first-order valence-electron chi connectivity index (χ1n) is 9.53. The van der Waals surface area contributed by atoms with E-state index in [0.29, 0.717) is 17.2 Å². The van der Waals surface area contributed by atoms with Crippen LogP contribution in [0.2, 0.25) is 0 Å². The number of aromatic nitrogens is 4. The molecule has 0 bridgehead atoms. The number of carbonyl (C=O) groups excluding carboxylic acids is 1. The highest BCUT2D eigenvalue weighted by Gasteiger charge is 2.15. The average Bonchev–Trinajstić information content (AvgIpc) is 3.43. The summed E-state index contributed by atoms with van der Waals surface area (Å²) in [5.74, 6) is 0.611. The monoisotopic (exact) mass is 419 g/mol. The van der Waals surface area contributed by atoms with Crippen LogP contribution in [0.4, 0.5) is 5.13 Å². The van der Waals surface area contributed by atoms with E-state index < -0.39 is 0 Å². The Balaban J connectivity index is 1.52. The highest BCUT2D eigenvalue weighted by atomic mass is 32.1. The molecular weight excluding hydrogens is 398 g/mol. The number of anilines is 1. The van der Waals surface area contributed by atoms with Gasteiger partial charge in [-0.2, -0.15) is 5.10 Å². The molecule has 0 aliphatic carbocycles. The second-order valence-corrected chi connectivity index (χ2v) is 7.70. The minimum absolute atomic E-state index is 0.187. The van der Waals surface area contributed by atoms with Gasteiger partial charge in [-0.15, -0.1) is 11.3 Å². The van der Waals surface area contributed by atoms with Gasteiger partial charge in [0, 0.05) is 16.0 Å². The fourth-order valence-corrected chi connectivity index (χ4v) is 4.02. The molecule has 1 amide bonds. The molecule has 0 aliphatic rings. The third-order valence-corrected chi connectivity index (χ3v) is 5.72. The molecule has 8 heteroatoms. The van der Waals surface area contributed by atoms with E-state index in [4.69, 9.17) is 4.74 Å². The van der Waals surface area contributed by atoms with E-state index in [1.165, 1.54) is 17.7 Å². The summed E-state index contributed by atoms with van der Waals surface area (Å²) in [6, 6.07) is 15.2. The highest BCUT2D eigenvalue weighted by molar-refractivity contribution is 7.16. The topological polar surface area (TPSA) is 81.9 Å². The summed E-state index contributed by atoms with van der Waals surface area (Å²) in [6.07, 6.45) is 3.97. The molecule has 2 aromatic carbocycles. The van der Waals surface area contributed by atoms with Gasteiger partial charge in [-0.3, -0.25) is 10.1 Å². The Morgan fingerprint density at radius 1 is 1.20 bits per heavy atom. The van der Waals surface area contributed by atoms with Crippen molar-refractivity contribution in [2.75, 3.05) is 12.4 Å². The summed E-state index contributed by atoms with van der Waals surface area (Å²) >= 11 is 1.50. The van der Waals surface area contributed by atoms with Gasteiger partial charge in [0.2, 0.25) is 0 Å². The number of rotatable bonds is 7. The number of hydrogen-bond donors (Lipinski definition) is 1. The number of nitrogens with zero attached hydrogens (tertiary/aromatic N) is 4. The van der Waals surface area contributed by atoms with E-state index >= 15 is 0 Å². The molecule has 0 fully saturated rings. The van der Waals surface area contributed by atoms with Gasteiger partial charge < -0.3 is 4.74 Å². The standard InChI is InChI=1S/C22H21N5O2S/c1-3-19-20(16-7-9-18(29-2)10-8-16)25-22(30-19)26-21(28)17-6-4-5-15(11-17)12-27-14-23-13-24-27/h4-11,13-14H,3,12H2,1-2H3,(H,25,26,28). The van der Waals surface area contributed by atoms with Crippen LogP contribution in [0.25, 0.3) is 11.3 Å². The zero-order valence-corrected chi connectivity index (χ0v) is 17.5. The smallest absolute Gasteiger partial charge is 0.257 e. The first-order chi connectivity index (χ1) is 14.7. The summed E-state index contributed by atoms with van der Waals surface area (Å²) in [5.41, 5.74) is 3.44. The quantitative estimate of drug-likeness (QED) is 0.484. The van der Waals surface area contributed by atoms with Crippen LogP contribution in [0, 0.1) is 0 Å². The minimum Gasteiger partial charge on any atom is -0.497 e. The molecular formula is C22H21N5O2S. The van der Waals surface area contributed by atoms with Gasteiger partial charge in [-0.25, -0.2) is 14.6 Å². The molecule has 0 radical (unpaired) electrons. The summed E-state index contributed by atoms with van der Waals surface area (Å²) in [7, 11) is 1.64. The number of thiazole rings is 1. The number of benzene rings is 2. The molecule has 4 rings (SSSR count). The number of ether oxygens (including phenoxy) is 1. The van der Waals surface area contributed by atoms with Crippen LogP contribution in [0.1, 0.15) is 27.7 Å². The molecule has 0 spiro atoms. The van der Waals surface area contributed by atoms with E-state index in [9.17, 15) is 4.79 Å². The molecule has 0 atom stereocenters. The lowest BCUT2D eigenvalue weighted by atomic mass is 10.1. The van der Waals surface area contributed by atoms with Crippen molar-refractivity contribution in [2.45, 2.75) is 19.9 Å². The lowest BCUT2D eigenvalue weighted by Gasteiger charge is -2.05. The van der Waals surface area contributed by atoms with Crippen molar-refractivity contribution in [1.29, 1.82) is 0 Å². The van der Waals surface area contributed by atoms with Crippen LogP contribution in [0.15, 0.2) is 61.2 Å². The zero-order chi connectivity index (χ0) is 20.9. The molecule has 30 heavy (non-hydrogen) atoms. The summed E-state index contributed by atoms with van der Waals surface area (Å²) < 4.78 is 6.94. The normalized spacial score (nSPS) is 10.7. The number of nitrogens with one attached hydrogen (secondary N) is 1. The third-order valence-electron chi connectivity index (χ3n) is 4.60. The Kier molecular flexibility index (Phi) is 5.85. The molecule has 4 aromatic rings. The lowest BCUT2D eigenvalue weighted by molar-refractivity contribution is 0.102. The second-order valence-electron chi connectivity index (χ2n) is 6.62. The summed E-state index contributed by atoms with van der Waals surface area (Å²) in [5, 5.41) is 7.63. The van der Waals surface area contributed by atoms with Gasteiger partial charge in [0.05, 0.1) is 19.3 Å². The third kappa shape index (κ3) is 4.38. The van der Waals surface area contributed by atoms with Crippen molar-refractivity contribution in [3.8, 4) is 17.0 Å². The Morgan fingerprint density at radius 3 is 2.73 bits per heavy atom. The largest absolute Gasteiger partial charge is 0.497 e. The molecule has 0 saturated heterocycles. The Bertz CT molecular complexity index is 1140. The fourth-order valence-electron chi connectivity index (χ4n) is 3.10. The number of methoxy groups -OCH3 is 1. The molecule has 0 aliphatic heterocycles. The van der Waals surface area contributed by atoms with Crippen molar-refractivity contribution in [1.82, 2.24) is 19.7 Å². The molecule has 0 unspecified atom stereocenters. The van der Waals surface area contributed by atoms with E-state index in [-0.39, 0.29) is 5.91 Å². The molecule has 1 N–H and O–H groups in total. The first kappa shape index (κ1) is 19.8. The summed E-state index contributed by atoms with van der Waals surface area (Å²) in [4.78, 5) is 22.5. The van der Waals surface area contributed by atoms with Gasteiger partial charge >= 0.3 is 0 Å². The Morgan fingerprint density at radius 2 is 2.03 bits per heavy atom. The van der Waals surface area contributed by atoms with Crippen LogP contribution in [0.5, 0.6) is 5.75 Å². The molecule has 2 aromatic heterocycles. The van der Waals surface area contributed by atoms with Crippen molar-refractivity contribution in [3.05, 3.63) is 77.2 Å². The maximum Gasteiger partial charge on any atom is 0.257 e. The van der Waals surface area contributed by atoms with Crippen molar-refractivity contribution in [2.24, 2.45) is 0 Å². The van der Waals surface area contributed by atoms with E-state index in [0.717, 1.165) is 33.9 Å².